The molecule has 0 aliphatic rings. The standard InChI is InChI=1S/C15H13F2N5O3/c1-7(20-15(24)25)13-21-10-4-2-3-9(12(16)17)11(10)14(23)22(13)8-5-18-19-6-8/h2-7,12,20H,1H3,(H,18,19)(H,24,25). The van der Waals surface area contributed by atoms with E-state index in [9.17, 15) is 18.4 Å². The lowest BCUT2D eigenvalue weighted by molar-refractivity contribution is 0.153. The summed E-state index contributed by atoms with van der Waals surface area (Å²) in [6.45, 7) is 1.50. The summed E-state index contributed by atoms with van der Waals surface area (Å²) >= 11 is 0. The van der Waals surface area contributed by atoms with Crippen LogP contribution in [0.1, 0.15) is 30.8 Å². The fourth-order valence-corrected chi connectivity index (χ4v) is 2.61. The van der Waals surface area contributed by atoms with Crippen molar-refractivity contribution in [1.82, 2.24) is 25.1 Å². The van der Waals surface area contributed by atoms with Crippen molar-refractivity contribution in [3.8, 4) is 5.69 Å². The van der Waals surface area contributed by atoms with Crippen molar-refractivity contribution in [2.24, 2.45) is 0 Å². The van der Waals surface area contributed by atoms with Gasteiger partial charge in [-0.05, 0) is 13.0 Å². The molecule has 1 amide bonds. The first-order valence-corrected chi connectivity index (χ1v) is 7.22. The SMILES string of the molecule is CC(NC(=O)O)c1nc2cccc(C(F)F)c2c(=O)n1-c1cn[nH]c1. The first-order valence-electron chi connectivity index (χ1n) is 7.22. The predicted octanol–water partition coefficient (Wildman–Crippen LogP) is 2.38. The van der Waals surface area contributed by atoms with Gasteiger partial charge in [0.05, 0.1) is 28.8 Å². The first kappa shape index (κ1) is 16.6. The zero-order valence-electron chi connectivity index (χ0n) is 12.9. The number of fused-ring (bicyclic) bond motifs is 1. The van der Waals surface area contributed by atoms with Gasteiger partial charge in [0.15, 0.2) is 0 Å². The summed E-state index contributed by atoms with van der Waals surface area (Å²) in [6, 6.07) is 3.10. The molecular weight excluding hydrogens is 336 g/mol. The van der Waals surface area contributed by atoms with Crippen molar-refractivity contribution < 1.29 is 18.7 Å². The van der Waals surface area contributed by atoms with E-state index in [0.717, 1.165) is 10.6 Å². The van der Waals surface area contributed by atoms with E-state index in [1.54, 1.807) is 0 Å². The van der Waals surface area contributed by atoms with Gasteiger partial charge in [0.25, 0.3) is 12.0 Å². The molecule has 0 spiro atoms. The van der Waals surface area contributed by atoms with E-state index < -0.39 is 29.7 Å². The Labute approximate surface area is 139 Å². The second kappa shape index (κ2) is 6.30. The average Bonchev–Trinajstić information content (AvgIpc) is 3.07. The first-order chi connectivity index (χ1) is 11.9. The molecule has 3 N–H and O–H groups in total. The van der Waals surface area contributed by atoms with Gasteiger partial charge in [-0.2, -0.15) is 5.10 Å². The van der Waals surface area contributed by atoms with Crippen LogP contribution in [0.4, 0.5) is 13.6 Å². The Morgan fingerprint density at radius 1 is 1.40 bits per heavy atom. The lowest BCUT2D eigenvalue weighted by Crippen LogP contribution is -2.32. The largest absolute Gasteiger partial charge is 0.465 e. The minimum atomic E-state index is -2.85. The van der Waals surface area contributed by atoms with Crippen molar-refractivity contribution in [2.75, 3.05) is 0 Å². The summed E-state index contributed by atoms with van der Waals surface area (Å²) in [5.74, 6) is 0.0627. The van der Waals surface area contributed by atoms with Crippen LogP contribution in [0.2, 0.25) is 0 Å². The van der Waals surface area contributed by atoms with Crippen LogP contribution >= 0.6 is 0 Å². The van der Waals surface area contributed by atoms with Gasteiger partial charge < -0.3 is 10.4 Å². The molecule has 0 radical (unpaired) electrons. The third-order valence-electron chi connectivity index (χ3n) is 3.66. The van der Waals surface area contributed by atoms with Crippen LogP contribution in [0.25, 0.3) is 16.6 Å². The topological polar surface area (TPSA) is 113 Å². The molecule has 1 unspecified atom stereocenters. The Morgan fingerprint density at radius 2 is 2.16 bits per heavy atom. The number of hydrogen-bond acceptors (Lipinski definition) is 4. The number of aromatic amines is 1. The van der Waals surface area contributed by atoms with Crippen LogP contribution in [-0.4, -0.2) is 30.9 Å². The number of aromatic nitrogens is 4. The molecule has 25 heavy (non-hydrogen) atoms. The summed E-state index contributed by atoms with van der Waals surface area (Å²) in [6.07, 6.45) is -1.45. The van der Waals surface area contributed by atoms with Gasteiger partial charge >= 0.3 is 6.09 Å². The highest BCUT2D eigenvalue weighted by molar-refractivity contribution is 5.82. The molecule has 3 aromatic rings. The number of nitrogens with one attached hydrogen (secondary N) is 2. The molecule has 0 saturated carbocycles. The molecule has 0 bridgehead atoms. The van der Waals surface area contributed by atoms with E-state index in [2.05, 4.69) is 20.5 Å². The lowest BCUT2D eigenvalue weighted by atomic mass is 10.1. The summed E-state index contributed by atoms with van der Waals surface area (Å²) < 4.78 is 27.7. The molecule has 0 aliphatic heterocycles. The van der Waals surface area contributed by atoms with Crippen LogP contribution < -0.4 is 10.9 Å². The third-order valence-corrected chi connectivity index (χ3v) is 3.66. The minimum absolute atomic E-state index is 0.0627. The van der Waals surface area contributed by atoms with Gasteiger partial charge in [-0.25, -0.2) is 18.6 Å². The Morgan fingerprint density at radius 3 is 2.76 bits per heavy atom. The number of H-pyrrole nitrogens is 1. The molecular formula is C15H13F2N5O3. The van der Waals surface area contributed by atoms with E-state index in [0.29, 0.717) is 0 Å². The number of halogens is 2. The summed E-state index contributed by atoms with van der Waals surface area (Å²) in [5, 5.41) is 17.2. The fraction of sp³-hybridized carbons (Fsp3) is 0.200. The normalized spacial score (nSPS) is 12.5. The van der Waals surface area contributed by atoms with Crippen LogP contribution in [-0.2, 0) is 0 Å². The average molecular weight is 349 g/mol. The van der Waals surface area contributed by atoms with Crippen molar-refractivity contribution >= 4 is 17.0 Å². The molecule has 2 heterocycles. The van der Waals surface area contributed by atoms with E-state index >= 15 is 0 Å². The monoisotopic (exact) mass is 349 g/mol. The number of carboxylic acid groups (broad SMARTS) is 1. The Hall–Kier alpha value is -3.30. The molecule has 1 atom stereocenters. The van der Waals surface area contributed by atoms with Crippen molar-refractivity contribution in [3.63, 3.8) is 0 Å². The van der Waals surface area contributed by atoms with E-state index in [1.165, 1.54) is 31.5 Å². The Balaban J connectivity index is 2.38. The number of amides is 1. The number of hydrogen-bond donors (Lipinski definition) is 3. The Bertz CT molecular complexity index is 985. The fourth-order valence-electron chi connectivity index (χ4n) is 2.61. The third kappa shape index (κ3) is 2.93. The van der Waals surface area contributed by atoms with Gasteiger partial charge in [0.1, 0.15) is 5.82 Å². The zero-order chi connectivity index (χ0) is 18.1. The number of benzene rings is 1. The predicted molar refractivity (Wildman–Crippen MR) is 84.0 cm³/mol. The van der Waals surface area contributed by atoms with Crippen LogP contribution in [0, 0.1) is 0 Å². The maximum Gasteiger partial charge on any atom is 0.405 e. The molecule has 1 aromatic carbocycles. The maximum atomic E-state index is 13.3. The van der Waals surface area contributed by atoms with Crippen molar-refractivity contribution in [2.45, 2.75) is 19.4 Å². The van der Waals surface area contributed by atoms with Crippen molar-refractivity contribution in [1.29, 1.82) is 0 Å². The molecule has 0 aliphatic carbocycles. The lowest BCUT2D eigenvalue weighted by Gasteiger charge is -2.18. The molecule has 3 rings (SSSR count). The van der Waals surface area contributed by atoms with Crippen LogP contribution in [0.3, 0.4) is 0 Å². The smallest absolute Gasteiger partial charge is 0.405 e. The molecule has 10 heteroatoms. The second-order valence-corrected chi connectivity index (χ2v) is 5.28. The van der Waals surface area contributed by atoms with E-state index in [1.807, 2.05) is 0 Å². The zero-order valence-corrected chi connectivity index (χ0v) is 12.9. The minimum Gasteiger partial charge on any atom is -0.465 e. The van der Waals surface area contributed by atoms with E-state index in [-0.39, 0.29) is 22.4 Å². The maximum absolute atomic E-state index is 13.3. The highest BCUT2D eigenvalue weighted by atomic mass is 19.3. The number of rotatable bonds is 4. The van der Waals surface area contributed by atoms with Gasteiger partial charge in [-0.15, -0.1) is 0 Å². The molecule has 0 saturated heterocycles. The van der Waals surface area contributed by atoms with E-state index in [4.69, 9.17) is 5.11 Å². The molecule has 8 nitrogen and oxygen atoms in total. The number of carbonyl (C=O) groups is 1. The van der Waals surface area contributed by atoms with Gasteiger partial charge in [0.2, 0.25) is 0 Å². The highest BCUT2D eigenvalue weighted by Gasteiger charge is 2.23. The van der Waals surface area contributed by atoms with Crippen molar-refractivity contribution in [3.05, 3.63) is 52.3 Å². The molecule has 130 valence electrons. The number of nitrogens with zero attached hydrogens (tertiary/aromatic N) is 3. The molecule has 0 fully saturated rings. The highest BCUT2D eigenvalue weighted by Crippen LogP contribution is 2.26. The van der Waals surface area contributed by atoms with Crippen LogP contribution in [0.15, 0.2) is 35.4 Å². The quantitative estimate of drug-likeness (QED) is 0.669. The summed E-state index contributed by atoms with van der Waals surface area (Å²) in [7, 11) is 0. The van der Waals surface area contributed by atoms with Gasteiger partial charge in [0, 0.05) is 11.8 Å². The number of alkyl halides is 2. The Kier molecular flexibility index (Phi) is 4.17. The molecule has 2 aromatic heterocycles. The van der Waals surface area contributed by atoms with Crippen LogP contribution in [0.5, 0.6) is 0 Å². The summed E-state index contributed by atoms with van der Waals surface area (Å²) in [5.41, 5.74) is -0.830. The summed E-state index contributed by atoms with van der Waals surface area (Å²) in [4.78, 5) is 28.1. The second-order valence-electron chi connectivity index (χ2n) is 5.28. The van der Waals surface area contributed by atoms with Gasteiger partial charge in [-0.1, -0.05) is 12.1 Å². The van der Waals surface area contributed by atoms with Gasteiger partial charge in [-0.3, -0.25) is 14.5 Å².